The van der Waals surface area contributed by atoms with Gasteiger partial charge in [-0.15, -0.1) is 24.8 Å². The molecule has 9 heteroatoms. The standard InChI is InChI=1S/C13H16N4O3.2ClH/c1-20-11-4-2-10(3-5-11)8-14-7-6-12-13(17(18)19)9-15-16-12;;/h2-5,9,14H,6-8H2,1H3,(H,15,16);2*1H. The first kappa shape index (κ1) is 20.2. The molecular formula is C13H18Cl2N4O3. The van der Waals surface area contributed by atoms with Crippen LogP contribution >= 0.6 is 24.8 Å². The number of H-pyrrole nitrogens is 1. The summed E-state index contributed by atoms with van der Waals surface area (Å²) in [6.45, 7) is 1.33. The molecule has 0 aliphatic carbocycles. The fraction of sp³-hybridized carbons (Fsp3) is 0.308. The highest BCUT2D eigenvalue weighted by Gasteiger charge is 2.14. The van der Waals surface area contributed by atoms with Crippen LogP contribution in [0.25, 0.3) is 0 Å². The molecule has 1 aromatic heterocycles. The molecule has 0 aliphatic heterocycles. The first-order chi connectivity index (χ1) is 9.70. The first-order valence-corrected chi connectivity index (χ1v) is 6.21. The minimum Gasteiger partial charge on any atom is -0.497 e. The minimum absolute atomic E-state index is 0. The Hall–Kier alpha value is -1.83. The Balaban J connectivity index is 0.00000220. The quantitative estimate of drug-likeness (QED) is 0.455. The van der Waals surface area contributed by atoms with Crippen molar-refractivity contribution in [3.63, 3.8) is 0 Å². The first-order valence-electron chi connectivity index (χ1n) is 6.21. The zero-order valence-electron chi connectivity index (χ0n) is 11.9. The van der Waals surface area contributed by atoms with Gasteiger partial charge in [0.05, 0.1) is 12.0 Å². The molecule has 0 amide bonds. The summed E-state index contributed by atoms with van der Waals surface area (Å²) in [5.74, 6) is 0.821. The van der Waals surface area contributed by atoms with Crippen molar-refractivity contribution in [2.75, 3.05) is 13.7 Å². The highest BCUT2D eigenvalue weighted by Crippen LogP contribution is 2.14. The van der Waals surface area contributed by atoms with Gasteiger partial charge >= 0.3 is 5.69 Å². The zero-order valence-corrected chi connectivity index (χ0v) is 13.6. The Kier molecular flexibility index (Phi) is 9.16. The van der Waals surface area contributed by atoms with Crippen molar-refractivity contribution in [1.29, 1.82) is 0 Å². The predicted octanol–water partition coefficient (Wildman–Crippen LogP) is 2.50. The van der Waals surface area contributed by atoms with E-state index in [1.165, 1.54) is 6.20 Å². The second kappa shape index (κ2) is 9.99. The summed E-state index contributed by atoms with van der Waals surface area (Å²) < 4.78 is 5.08. The van der Waals surface area contributed by atoms with Gasteiger partial charge < -0.3 is 10.1 Å². The van der Waals surface area contributed by atoms with Crippen molar-refractivity contribution in [3.05, 3.63) is 51.8 Å². The maximum absolute atomic E-state index is 10.7. The molecular weight excluding hydrogens is 331 g/mol. The van der Waals surface area contributed by atoms with Crippen LogP contribution in [-0.2, 0) is 13.0 Å². The lowest BCUT2D eigenvalue weighted by Gasteiger charge is -2.05. The van der Waals surface area contributed by atoms with E-state index in [0.29, 0.717) is 25.2 Å². The SMILES string of the molecule is COc1ccc(CNCCc2[nH]ncc2[N+](=O)[O-])cc1.Cl.Cl. The monoisotopic (exact) mass is 348 g/mol. The van der Waals surface area contributed by atoms with E-state index in [9.17, 15) is 10.1 Å². The van der Waals surface area contributed by atoms with Crippen molar-refractivity contribution in [1.82, 2.24) is 15.5 Å². The van der Waals surface area contributed by atoms with Gasteiger partial charge in [-0.1, -0.05) is 12.1 Å². The average Bonchev–Trinajstić information content (AvgIpc) is 2.93. The lowest BCUT2D eigenvalue weighted by Crippen LogP contribution is -2.17. The molecule has 2 aromatic rings. The number of nitro groups is 1. The van der Waals surface area contributed by atoms with Crippen LogP contribution in [0.2, 0.25) is 0 Å². The van der Waals surface area contributed by atoms with Gasteiger partial charge in [0.15, 0.2) is 0 Å². The number of rotatable bonds is 7. The Morgan fingerprint density at radius 3 is 2.59 bits per heavy atom. The Labute approximate surface area is 140 Å². The highest BCUT2D eigenvalue weighted by molar-refractivity contribution is 5.85. The number of nitrogens with zero attached hydrogens (tertiary/aromatic N) is 2. The number of benzene rings is 1. The molecule has 0 atom stereocenters. The van der Waals surface area contributed by atoms with Crippen molar-refractivity contribution in [2.24, 2.45) is 0 Å². The van der Waals surface area contributed by atoms with Crippen LogP contribution in [0.3, 0.4) is 0 Å². The van der Waals surface area contributed by atoms with Gasteiger partial charge in [-0.3, -0.25) is 15.2 Å². The number of methoxy groups -OCH3 is 1. The molecule has 122 valence electrons. The molecule has 1 heterocycles. The van der Waals surface area contributed by atoms with Crippen LogP contribution in [0.5, 0.6) is 5.75 Å². The normalized spacial score (nSPS) is 9.50. The number of hydrogen-bond donors (Lipinski definition) is 2. The molecule has 0 bridgehead atoms. The zero-order chi connectivity index (χ0) is 14.4. The Morgan fingerprint density at radius 2 is 2.00 bits per heavy atom. The second-order valence-electron chi connectivity index (χ2n) is 4.27. The Morgan fingerprint density at radius 1 is 1.32 bits per heavy atom. The van der Waals surface area contributed by atoms with Crippen molar-refractivity contribution in [3.8, 4) is 5.75 Å². The van der Waals surface area contributed by atoms with Crippen LogP contribution < -0.4 is 10.1 Å². The van der Waals surface area contributed by atoms with E-state index in [0.717, 1.165) is 11.3 Å². The van der Waals surface area contributed by atoms with Crippen LogP contribution in [-0.4, -0.2) is 28.8 Å². The summed E-state index contributed by atoms with van der Waals surface area (Å²) in [6, 6.07) is 7.75. The summed E-state index contributed by atoms with van der Waals surface area (Å²) in [6.07, 6.45) is 1.77. The van der Waals surface area contributed by atoms with Crippen LogP contribution in [0.15, 0.2) is 30.5 Å². The van der Waals surface area contributed by atoms with Crippen molar-refractivity contribution >= 4 is 30.5 Å². The number of aromatic nitrogens is 2. The van der Waals surface area contributed by atoms with E-state index in [1.807, 2.05) is 24.3 Å². The fourth-order valence-electron chi connectivity index (χ4n) is 1.84. The minimum atomic E-state index is -0.428. The van der Waals surface area contributed by atoms with Crippen molar-refractivity contribution < 1.29 is 9.66 Å². The maximum atomic E-state index is 10.7. The molecule has 7 nitrogen and oxygen atoms in total. The molecule has 0 unspecified atom stereocenters. The van der Waals surface area contributed by atoms with E-state index < -0.39 is 4.92 Å². The van der Waals surface area contributed by atoms with Gasteiger partial charge in [0.25, 0.3) is 0 Å². The van der Waals surface area contributed by atoms with Crippen LogP contribution in [0, 0.1) is 10.1 Å². The molecule has 22 heavy (non-hydrogen) atoms. The number of nitrogens with one attached hydrogen (secondary N) is 2. The number of aromatic amines is 1. The van der Waals surface area contributed by atoms with Gasteiger partial charge in [-0.05, 0) is 17.7 Å². The van der Waals surface area contributed by atoms with Gasteiger partial charge in [-0.2, -0.15) is 5.10 Å². The van der Waals surface area contributed by atoms with E-state index in [2.05, 4.69) is 15.5 Å². The molecule has 0 fully saturated rings. The summed E-state index contributed by atoms with van der Waals surface area (Å²) in [5.41, 5.74) is 1.71. The largest absolute Gasteiger partial charge is 0.497 e. The summed E-state index contributed by atoms with van der Waals surface area (Å²) >= 11 is 0. The molecule has 0 aliphatic rings. The number of hydrogen-bond acceptors (Lipinski definition) is 5. The van der Waals surface area contributed by atoms with E-state index >= 15 is 0 Å². The lowest BCUT2D eigenvalue weighted by molar-refractivity contribution is -0.385. The smallest absolute Gasteiger partial charge is 0.309 e. The molecule has 2 N–H and O–H groups in total. The maximum Gasteiger partial charge on any atom is 0.309 e. The third-order valence-corrected chi connectivity index (χ3v) is 2.93. The topological polar surface area (TPSA) is 93.1 Å². The lowest BCUT2D eigenvalue weighted by atomic mass is 10.2. The fourth-order valence-corrected chi connectivity index (χ4v) is 1.84. The van der Waals surface area contributed by atoms with Crippen LogP contribution in [0.1, 0.15) is 11.3 Å². The molecule has 0 radical (unpaired) electrons. The van der Waals surface area contributed by atoms with E-state index in [1.54, 1.807) is 7.11 Å². The van der Waals surface area contributed by atoms with Crippen molar-refractivity contribution in [2.45, 2.75) is 13.0 Å². The third-order valence-electron chi connectivity index (χ3n) is 2.93. The molecule has 0 saturated heterocycles. The number of ether oxygens (including phenoxy) is 1. The highest BCUT2D eigenvalue weighted by atomic mass is 35.5. The van der Waals surface area contributed by atoms with Gasteiger partial charge in [0, 0.05) is 19.5 Å². The Bertz CT molecular complexity index is 575. The summed E-state index contributed by atoms with van der Waals surface area (Å²) in [5, 5.41) is 20.3. The predicted molar refractivity (Wildman–Crippen MR) is 88.1 cm³/mol. The number of halogens is 2. The van der Waals surface area contributed by atoms with E-state index in [4.69, 9.17) is 4.74 Å². The molecule has 0 saturated carbocycles. The van der Waals surface area contributed by atoms with E-state index in [-0.39, 0.29) is 30.5 Å². The molecule has 2 rings (SSSR count). The molecule has 1 aromatic carbocycles. The molecule has 0 spiro atoms. The second-order valence-corrected chi connectivity index (χ2v) is 4.27. The van der Waals surface area contributed by atoms with Gasteiger partial charge in [-0.25, -0.2) is 0 Å². The van der Waals surface area contributed by atoms with Gasteiger partial charge in [0.1, 0.15) is 17.6 Å². The summed E-state index contributed by atoms with van der Waals surface area (Å²) in [4.78, 5) is 10.3. The van der Waals surface area contributed by atoms with Crippen LogP contribution in [0.4, 0.5) is 5.69 Å². The van der Waals surface area contributed by atoms with Gasteiger partial charge in [0.2, 0.25) is 0 Å². The summed E-state index contributed by atoms with van der Waals surface area (Å²) in [7, 11) is 1.63. The third kappa shape index (κ3) is 5.51. The average molecular weight is 349 g/mol.